The highest BCUT2D eigenvalue weighted by Crippen LogP contribution is 2.22. The third kappa shape index (κ3) is 6.48. The van der Waals surface area contributed by atoms with Gasteiger partial charge in [0.1, 0.15) is 9.84 Å². The molecule has 0 heterocycles. The average molecular weight is 247 g/mol. The van der Waals surface area contributed by atoms with Gasteiger partial charge in [0.2, 0.25) is 0 Å². The second kappa shape index (κ2) is 6.01. The molecule has 1 N–H and O–H groups in total. The van der Waals surface area contributed by atoms with Crippen molar-refractivity contribution in [1.29, 1.82) is 0 Å². The highest BCUT2D eigenvalue weighted by molar-refractivity contribution is 7.90. The highest BCUT2D eigenvalue weighted by Gasteiger charge is 2.22. The summed E-state index contributed by atoms with van der Waals surface area (Å²) in [5, 5.41) is 3.54. The van der Waals surface area contributed by atoms with E-state index in [1.54, 1.807) is 0 Å². The van der Waals surface area contributed by atoms with Crippen molar-refractivity contribution in [2.75, 3.05) is 18.6 Å². The highest BCUT2D eigenvalue weighted by atomic mass is 32.2. The normalized spacial score (nSPS) is 19.0. The smallest absolute Gasteiger partial charge is 0.147 e. The van der Waals surface area contributed by atoms with Crippen molar-refractivity contribution in [2.24, 2.45) is 11.8 Å². The van der Waals surface area contributed by atoms with Gasteiger partial charge in [-0.05, 0) is 44.1 Å². The van der Waals surface area contributed by atoms with Crippen LogP contribution in [0.3, 0.4) is 0 Å². The molecule has 0 radical (unpaired) electrons. The van der Waals surface area contributed by atoms with E-state index in [4.69, 9.17) is 0 Å². The van der Waals surface area contributed by atoms with Crippen LogP contribution in [-0.4, -0.2) is 33.0 Å². The molecule has 1 aliphatic carbocycles. The Bertz CT molecular complexity index is 294. The molecule has 1 saturated carbocycles. The monoisotopic (exact) mass is 247 g/mol. The topological polar surface area (TPSA) is 46.2 Å². The Morgan fingerprint density at radius 2 is 1.94 bits per heavy atom. The molecule has 0 saturated heterocycles. The van der Waals surface area contributed by atoms with Crippen LogP contribution in [0.2, 0.25) is 0 Å². The minimum atomic E-state index is -2.78. The lowest BCUT2D eigenvalue weighted by atomic mass is 9.91. The van der Waals surface area contributed by atoms with E-state index in [0.29, 0.717) is 17.6 Å². The summed E-state index contributed by atoms with van der Waals surface area (Å²) in [7, 11) is -2.78. The standard InChI is InChI=1S/C12H25NO2S/c1-10(2)11(9-13-12-6-7-12)5-4-8-16(3,14)15/h10-13H,4-9H2,1-3H3. The zero-order valence-electron chi connectivity index (χ0n) is 10.7. The van der Waals surface area contributed by atoms with Crippen molar-refractivity contribution >= 4 is 9.84 Å². The molecule has 0 spiro atoms. The summed E-state index contributed by atoms with van der Waals surface area (Å²) in [5.74, 6) is 1.58. The fourth-order valence-corrected chi connectivity index (χ4v) is 2.58. The molecule has 0 bridgehead atoms. The van der Waals surface area contributed by atoms with Crippen molar-refractivity contribution < 1.29 is 8.42 Å². The zero-order valence-corrected chi connectivity index (χ0v) is 11.5. The molecule has 4 heteroatoms. The Balaban J connectivity index is 2.21. The largest absolute Gasteiger partial charge is 0.314 e. The summed E-state index contributed by atoms with van der Waals surface area (Å²) in [5.41, 5.74) is 0. The Kier molecular flexibility index (Phi) is 5.25. The van der Waals surface area contributed by atoms with Crippen molar-refractivity contribution in [3.63, 3.8) is 0 Å². The first-order valence-corrected chi connectivity index (χ1v) is 8.35. The first-order valence-electron chi connectivity index (χ1n) is 6.29. The fraction of sp³-hybridized carbons (Fsp3) is 1.00. The Hall–Kier alpha value is -0.0900. The first-order chi connectivity index (χ1) is 7.38. The second-order valence-electron chi connectivity index (χ2n) is 5.46. The van der Waals surface area contributed by atoms with Crippen LogP contribution in [0.4, 0.5) is 0 Å². The summed E-state index contributed by atoms with van der Waals surface area (Å²) >= 11 is 0. The van der Waals surface area contributed by atoms with E-state index >= 15 is 0 Å². The number of hydrogen-bond acceptors (Lipinski definition) is 3. The molecule has 1 aliphatic rings. The molecule has 1 unspecified atom stereocenters. The van der Waals surface area contributed by atoms with Crippen LogP contribution in [0.25, 0.3) is 0 Å². The maximum absolute atomic E-state index is 11.0. The van der Waals surface area contributed by atoms with Gasteiger partial charge < -0.3 is 5.32 Å². The molecule has 0 aromatic heterocycles. The maximum Gasteiger partial charge on any atom is 0.147 e. The van der Waals surface area contributed by atoms with E-state index < -0.39 is 9.84 Å². The van der Waals surface area contributed by atoms with Gasteiger partial charge in [0.25, 0.3) is 0 Å². The van der Waals surface area contributed by atoms with Crippen LogP contribution in [0.1, 0.15) is 39.5 Å². The third-order valence-corrected chi connectivity index (χ3v) is 4.31. The molecule has 1 fully saturated rings. The van der Waals surface area contributed by atoms with Crippen LogP contribution >= 0.6 is 0 Å². The lowest BCUT2D eigenvalue weighted by molar-refractivity contribution is 0.337. The minimum Gasteiger partial charge on any atom is -0.314 e. The van der Waals surface area contributed by atoms with Crippen molar-refractivity contribution in [3.05, 3.63) is 0 Å². The fourth-order valence-electron chi connectivity index (χ4n) is 1.88. The molecular weight excluding hydrogens is 222 g/mol. The van der Waals surface area contributed by atoms with E-state index in [0.717, 1.165) is 25.4 Å². The van der Waals surface area contributed by atoms with E-state index in [9.17, 15) is 8.42 Å². The maximum atomic E-state index is 11.0. The van der Waals surface area contributed by atoms with Crippen molar-refractivity contribution in [1.82, 2.24) is 5.32 Å². The Labute approximate surface area is 99.9 Å². The number of sulfone groups is 1. The van der Waals surface area contributed by atoms with Gasteiger partial charge >= 0.3 is 0 Å². The lowest BCUT2D eigenvalue weighted by Crippen LogP contribution is -2.28. The average Bonchev–Trinajstić information content (AvgIpc) is 2.91. The van der Waals surface area contributed by atoms with E-state index in [-0.39, 0.29) is 0 Å². The van der Waals surface area contributed by atoms with Gasteiger partial charge in [-0.15, -0.1) is 0 Å². The van der Waals surface area contributed by atoms with Crippen molar-refractivity contribution in [2.45, 2.75) is 45.6 Å². The Morgan fingerprint density at radius 3 is 2.38 bits per heavy atom. The van der Waals surface area contributed by atoms with Crippen LogP contribution in [0.5, 0.6) is 0 Å². The zero-order chi connectivity index (χ0) is 12.2. The molecule has 3 nitrogen and oxygen atoms in total. The summed E-state index contributed by atoms with van der Waals surface area (Å²) in [6, 6.07) is 0.746. The van der Waals surface area contributed by atoms with Gasteiger partial charge in [0.15, 0.2) is 0 Å². The number of hydrogen-bond donors (Lipinski definition) is 1. The quantitative estimate of drug-likeness (QED) is 0.712. The molecule has 96 valence electrons. The molecular formula is C12H25NO2S. The predicted molar refractivity (Wildman–Crippen MR) is 68.3 cm³/mol. The molecule has 1 rings (SSSR count). The van der Waals surface area contributed by atoms with Gasteiger partial charge in [-0.2, -0.15) is 0 Å². The van der Waals surface area contributed by atoms with Gasteiger partial charge in [-0.3, -0.25) is 0 Å². The lowest BCUT2D eigenvalue weighted by Gasteiger charge is -2.21. The summed E-state index contributed by atoms with van der Waals surface area (Å²) in [6.45, 7) is 5.49. The summed E-state index contributed by atoms with van der Waals surface area (Å²) < 4.78 is 22.1. The van der Waals surface area contributed by atoms with E-state index in [1.165, 1.54) is 19.1 Å². The minimum absolute atomic E-state index is 0.333. The van der Waals surface area contributed by atoms with Crippen LogP contribution in [0.15, 0.2) is 0 Å². The van der Waals surface area contributed by atoms with Gasteiger partial charge in [-0.1, -0.05) is 13.8 Å². The van der Waals surface area contributed by atoms with E-state index in [1.807, 2.05) is 0 Å². The van der Waals surface area contributed by atoms with Crippen LogP contribution in [0, 0.1) is 11.8 Å². The number of rotatable bonds is 8. The van der Waals surface area contributed by atoms with Gasteiger partial charge in [0.05, 0.1) is 0 Å². The van der Waals surface area contributed by atoms with Gasteiger partial charge in [0, 0.05) is 18.1 Å². The Morgan fingerprint density at radius 1 is 1.31 bits per heavy atom. The molecule has 0 aromatic carbocycles. The predicted octanol–water partition coefficient (Wildman–Crippen LogP) is 1.84. The first kappa shape index (κ1) is 14.0. The third-order valence-electron chi connectivity index (χ3n) is 3.28. The SMILES string of the molecule is CC(C)C(CCCS(C)(=O)=O)CNC1CC1. The molecule has 16 heavy (non-hydrogen) atoms. The summed E-state index contributed by atoms with van der Waals surface area (Å²) in [4.78, 5) is 0. The van der Waals surface area contributed by atoms with Crippen LogP contribution in [-0.2, 0) is 9.84 Å². The molecule has 0 aromatic rings. The number of nitrogens with one attached hydrogen (secondary N) is 1. The molecule has 1 atom stereocenters. The van der Waals surface area contributed by atoms with E-state index in [2.05, 4.69) is 19.2 Å². The van der Waals surface area contributed by atoms with Crippen molar-refractivity contribution in [3.8, 4) is 0 Å². The molecule has 0 aliphatic heterocycles. The van der Waals surface area contributed by atoms with Gasteiger partial charge in [-0.25, -0.2) is 8.42 Å². The summed E-state index contributed by atoms with van der Waals surface area (Å²) in [6.07, 6.45) is 5.76. The second-order valence-corrected chi connectivity index (χ2v) is 7.72. The van der Waals surface area contributed by atoms with Crippen LogP contribution < -0.4 is 5.32 Å². The molecule has 0 amide bonds.